The van der Waals surface area contributed by atoms with Gasteiger partial charge < -0.3 is 15.7 Å². The average Bonchev–Trinajstić information content (AvgIpc) is 2.48. The molecule has 1 saturated carbocycles. The smallest absolute Gasteiger partial charge is 0.319 e. The minimum absolute atomic E-state index is 0.147. The number of nitrogens with one attached hydrogen (secondary N) is 2. The summed E-state index contributed by atoms with van der Waals surface area (Å²) < 4.78 is 0. The summed E-state index contributed by atoms with van der Waals surface area (Å²) in [6.07, 6.45) is 6.29. The second-order valence-electron chi connectivity index (χ2n) is 5.56. The second kappa shape index (κ2) is 7.71. The Kier molecular flexibility index (Phi) is 5.94. The van der Waals surface area contributed by atoms with E-state index in [9.17, 15) is 9.90 Å². The van der Waals surface area contributed by atoms with Crippen molar-refractivity contribution in [3.05, 3.63) is 29.8 Å². The number of rotatable bonds is 4. The van der Waals surface area contributed by atoms with Crippen LogP contribution in [0.5, 0.6) is 0 Å². The van der Waals surface area contributed by atoms with Gasteiger partial charge in [0.25, 0.3) is 0 Å². The number of aliphatic hydroxyl groups excluding tert-OH is 1. The molecule has 2 rings (SSSR count). The van der Waals surface area contributed by atoms with Crippen LogP contribution in [0.15, 0.2) is 24.3 Å². The van der Waals surface area contributed by atoms with Gasteiger partial charge in [-0.05, 0) is 43.7 Å². The van der Waals surface area contributed by atoms with Crippen LogP contribution in [0.1, 0.15) is 44.3 Å². The zero-order chi connectivity index (χ0) is 15.2. The zero-order valence-electron chi connectivity index (χ0n) is 12.6. The maximum Gasteiger partial charge on any atom is 0.319 e. The molecule has 1 fully saturated rings. The van der Waals surface area contributed by atoms with Crippen LogP contribution in [0, 0.1) is 0 Å². The number of urea groups is 1. The topological polar surface area (TPSA) is 61.4 Å². The predicted octanol–water partition coefficient (Wildman–Crippen LogP) is 3.54. The van der Waals surface area contributed by atoms with Gasteiger partial charge in [0.05, 0.1) is 6.10 Å². The van der Waals surface area contributed by atoms with Crippen molar-refractivity contribution in [3.8, 4) is 0 Å². The lowest BCUT2D eigenvalue weighted by molar-refractivity contribution is 0.199. The van der Waals surface area contributed by atoms with Gasteiger partial charge in [-0.3, -0.25) is 0 Å². The minimum atomic E-state index is -0.488. The zero-order valence-corrected chi connectivity index (χ0v) is 13.5. The Morgan fingerprint density at radius 1 is 1.29 bits per heavy atom. The van der Waals surface area contributed by atoms with Crippen LogP contribution in [0.4, 0.5) is 10.5 Å². The first-order chi connectivity index (χ1) is 10.1. The Bertz CT molecular complexity index is 462. The fourth-order valence-corrected chi connectivity index (χ4v) is 3.66. The standard InChI is InChI=1S/C16H24N2O2S/c1-11(19)12-7-9-13(10-8-12)17-16(20)18-14-5-3-4-6-15(14)21-2/h7-11,14-15,19H,3-6H2,1-2H3,(H2,17,18,20). The molecule has 21 heavy (non-hydrogen) atoms. The fraction of sp³-hybridized carbons (Fsp3) is 0.562. The van der Waals surface area contributed by atoms with Crippen molar-refractivity contribution < 1.29 is 9.90 Å². The molecular weight excluding hydrogens is 284 g/mol. The molecule has 5 heteroatoms. The van der Waals surface area contributed by atoms with E-state index in [4.69, 9.17) is 0 Å². The third kappa shape index (κ3) is 4.64. The first-order valence-corrected chi connectivity index (χ1v) is 8.77. The quantitative estimate of drug-likeness (QED) is 0.797. The van der Waals surface area contributed by atoms with E-state index < -0.39 is 6.10 Å². The number of benzene rings is 1. The number of hydrogen-bond acceptors (Lipinski definition) is 3. The van der Waals surface area contributed by atoms with Gasteiger partial charge in [0.2, 0.25) is 0 Å². The van der Waals surface area contributed by atoms with E-state index in [1.165, 1.54) is 19.3 Å². The Balaban J connectivity index is 1.88. The molecule has 0 radical (unpaired) electrons. The van der Waals surface area contributed by atoms with E-state index in [0.29, 0.717) is 5.25 Å². The summed E-state index contributed by atoms with van der Waals surface area (Å²) in [6, 6.07) is 7.39. The maximum absolute atomic E-state index is 12.1. The summed E-state index contributed by atoms with van der Waals surface area (Å²) in [6.45, 7) is 1.72. The number of carbonyl (C=O) groups is 1. The van der Waals surface area contributed by atoms with Gasteiger partial charge in [0.15, 0.2) is 0 Å². The van der Waals surface area contributed by atoms with Gasteiger partial charge in [-0.2, -0.15) is 11.8 Å². The van der Waals surface area contributed by atoms with E-state index in [1.54, 1.807) is 6.92 Å². The first kappa shape index (κ1) is 16.2. The molecular formula is C16H24N2O2S. The molecule has 0 aromatic heterocycles. The normalized spacial score (nSPS) is 23.4. The summed E-state index contributed by atoms with van der Waals surface area (Å²) in [4.78, 5) is 12.1. The van der Waals surface area contributed by atoms with Crippen LogP contribution in [-0.4, -0.2) is 28.7 Å². The van der Waals surface area contributed by atoms with Crippen LogP contribution in [0.2, 0.25) is 0 Å². The van der Waals surface area contributed by atoms with E-state index >= 15 is 0 Å². The molecule has 3 atom stereocenters. The molecule has 0 saturated heterocycles. The maximum atomic E-state index is 12.1. The van der Waals surface area contributed by atoms with E-state index in [-0.39, 0.29) is 12.1 Å². The summed E-state index contributed by atoms with van der Waals surface area (Å²) in [7, 11) is 0. The van der Waals surface area contributed by atoms with E-state index in [2.05, 4.69) is 16.9 Å². The molecule has 0 bridgehead atoms. The molecule has 2 amide bonds. The highest BCUT2D eigenvalue weighted by molar-refractivity contribution is 7.99. The highest BCUT2D eigenvalue weighted by atomic mass is 32.2. The van der Waals surface area contributed by atoms with Crippen LogP contribution >= 0.6 is 11.8 Å². The van der Waals surface area contributed by atoms with Crippen molar-refractivity contribution in [3.63, 3.8) is 0 Å². The summed E-state index contributed by atoms with van der Waals surface area (Å²) in [5, 5.41) is 15.9. The van der Waals surface area contributed by atoms with Crippen LogP contribution in [-0.2, 0) is 0 Å². The number of aliphatic hydroxyl groups is 1. The number of hydrogen-bond donors (Lipinski definition) is 3. The fourth-order valence-electron chi connectivity index (χ4n) is 2.72. The van der Waals surface area contributed by atoms with Gasteiger partial charge in [-0.25, -0.2) is 4.79 Å². The van der Waals surface area contributed by atoms with Crippen molar-refractivity contribution in [1.29, 1.82) is 0 Å². The molecule has 1 aliphatic carbocycles. The number of amides is 2. The largest absolute Gasteiger partial charge is 0.389 e. The van der Waals surface area contributed by atoms with Crippen LogP contribution < -0.4 is 10.6 Å². The number of anilines is 1. The Hall–Kier alpha value is -1.20. The molecule has 1 aromatic rings. The lowest BCUT2D eigenvalue weighted by atomic mass is 9.95. The highest BCUT2D eigenvalue weighted by Gasteiger charge is 2.25. The lowest BCUT2D eigenvalue weighted by Gasteiger charge is -2.30. The molecule has 4 nitrogen and oxygen atoms in total. The van der Waals surface area contributed by atoms with Gasteiger partial charge >= 0.3 is 6.03 Å². The Morgan fingerprint density at radius 2 is 1.95 bits per heavy atom. The first-order valence-electron chi connectivity index (χ1n) is 7.48. The SMILES string of the molecule is CSC1CCCCC1NC(=O)Nc1ccc(C(C)O)cc1. The molecule has 0 spiro atoms. The average molecular weight is 308 g/mol. The Morgan fingerprint density at radius 3 is 2.57 bits per heavy atom. The molecule has 3 N–H and O–H groups in total. The molecule has 1 aromatic carbocycles. The molecule has 0 heterocycles. The number of thioether (sulfide) groups is 1. The van der Waals surface area contributed by atoms with Gasteiger partial charge in [-0.1, -0.05) is 25.0 Å². The van der Waals surface area contributed by atoms with Crippen molar-refractivity contribution >= 4 is 23.5 Å². The van der Waals surface area contributed by atoms with Crippen LogP contribution in [0.3, 0.4) is 0 Å². The third-order valence-electron chi connectivity index (χ3n) is 3.97. The van der Waals surface area contributed by atoms with Gasteiger partial charge in [-0.15, -0.1) is 0 Å². The summed E-state index contributed by atoms with van der Waals surface area (Å²) in [5.74, 6) is 0. The van der Waals surface area contributed by atoms with E-state index in [1.807, 2.05) is 36.0 Å². The summed E-state index contributed by atoms with van der Waals surface area (Å²) in [5.41, 5.74) is 1.59. The second-order valence-corrected chi connectivity index (χ2v) is 6.64. The summed E-state index contributed by atoms with van der Waals surface area (Å²) >= 11 is 1.84. The number of carbonyl (C=O) groups excluding carboxylic acids is 1. The van der Waals surface area contributed by atoms with Crippen molar-refractivity contribution in [2.24, 2.45) is 0 Å². The van der Waals surface area contributed by atoms with Crippen molar-refractivity contribution in [2.45, 2.75) is 50.0 Å². The van der Waals surface area contributed by atoms with E-state index in [0.717, 1.165) is 17.7 Å². The molecule has 3 unspecified atom stereocenters. The van der Waals surface area contributed by atoms with Gasteiger partial charge in [0.1, 0.15) is 0 Å². The van der Waals surface area contributed by atoms with Crippen molar-refractivity contribution in [2.75, 3.05) is 11.6 Å². The van der Waals surface area contributed by atoms with Crippen molar-refractivity contribution in [1.82, 2.24) is 5.32 Å². The van der Waals surface area contributed by atoms with Crippen LogP contribution in [0.25, 0.3) is 0 Å². The third-order valence-corrected chi connectivity index (χ3v) is 5.14. The molecule has 1 aliphatic rings. The Labute approximate surface area is 130 Å². The monoisotopic (exact) mass is 308 g/mol. The molecule has 116 valence electrons. The van der Waals surface area contributed by atoms with Gasteiger partial charge in [0, 0.05) is 17.0 Å². The predicted molar refractivity (Wildman–Crippen MR) is 88.8 cm³/mol. The highest BCUT2D eigenvalue weighted by Crippen LogP contribution is 2.27. The lowest BCUT2D eigenvalue weighted by Crippen LogP contribution is -2.45. The molecule has 0 aliphatic heterocycles. The minimum Gasteiger partial charge on any atom is -0.389 e.